The zero-order valence-electron chi connectivity index (χ0n) is 16.6. The predicted octanol–water partition coefficient (Wildman–Crippen LogP) is 3.40. The van der Waals surface area contributed by atoms with Crippen LogP contribution in [-0.2, 0) is 4.74 Å². The fourth-order valence-corrected chi connectivity index (χ4v) is 3.82. The Bertz CT molecular complexity index is 566. The van der Waals surface area contributed by atoms with Crippen LogP contribution in [0.5, 0.6) is 0 Å². The topological polar surface area (TPSA) is 65.9 Å². The van der Waals surface area contributed by atoms with E-state index in [4.69, 9.17) is 9.73 Å². The van der Waals surface area contributed by atoms with Crippen molar-refractivity contribution in [2.24, 2.45) is 10.4 Å². The Morgan fingerprint density at radius 3 is 2.52 bits per heavy atom. The molecule has 1 aromatic rings. The first-order valence-corrected chi connectivity index (χ1v) is 10.0. The molecular weight excluding hydrogens is 345 g/mol. The fourth-order valence-electron chi connectivity index (χ4n) is 3.82. The molecule has 0 aliphatic heterocycles. The smallest absolute Gasteiger partial charge is 0.191 e. The van der Waals surface area contributed by atoms with Gasteiger partial charge in [0.15, 0.2) is 5.96 Å². The number of halogens is 1. The van der Waals surface area contributed by atoms with Gasteiger partial charge in [-0.25, -0.2) is 4.39 Å². The normalized spacial score (nSPS) is 18.1. The highest BCUT2D eigenvalue weighted by Crippen LogP contribution is 2.39. The van der Waals surface area contributed by atoms with Crippen LogP contribution in [0, 0.1) is 11.2 Å². The summed E-state index contributed by atoms with van der Waals surface area (Å²) in [5.74, 6) is 0.502. The summed E-state index contributed by atoms with van der Waals surface area (Å²) in [6.45, 7) is 4.29. The largest absolute Gasteiger partial charge is 0.396 e. The van der Waals surface area contributed by atoms with Crippen molar-refractivity contribution in [1.82, 2.24) is 10.6 Å². The average molecular weight is 380 g/mol. The Morgan fingerprint density at radius 2 is 1.93 bits per heavy atom. The van der Waals surface area contributed by atoms with Gasteiger partial charge in [-0.1, -0.05) is 31.4 Å². The van der Waals surface area contributed by atoms with Gasteiger partial charge in [0.1, 0.15) is 5.82 Å². The monoisotopic (exact) mass is 379 g/mol. The zero-order chi connectivity index (χ0) is 19.5. The highest BCUT2D eigenvalue weighted by molar-refractivity contribution is 5.79. The van der Waals surface area contributed by atoms with Crippen LogP contribution < -0.4 is 10.6 Å². The van der Waals surface area contributed by atoms with Crippen LogP contribution in [0.4, 0.5) is 4.39 Å². The summed E-state index contributed by atoms with van der Waals surface area (Å²) in [7, 11) is 1.65. The molecule has 0 aromatic heterocycles. The molecule has 1 aromatic carbocycles. The number of hydrogen-bond donors (Lipinski definition) is 3. The van der Waals surface area contributed by atoms with Crippen molar-refractivity contribution in [3.8, 4) is 0 Å². The van der Waals surface area contributed by atoms with E-state index in [1.807, 2.05) is 6.92 Å². The number of benzene rings is 1. The molecule has 1 aliphatic rings. The maximum absolute atomic E-state index is 13.1. The second-order valence-electron chi connectivity index (χ2n) is 7.39. The maximum atomic E-state index is 13.1. The molecule has 152 valence electrons. The van der Waals surface area contributed by atoms with Crippen LogP contribution in [0.1, 0.15) is 57.1 Å². The van der Waals surface area contributed by atoms with Gasteiger partial charge in [-0.05, 0) is 49.3 Å². The Balaban J connectivity index is 2.00. The molecule has 5 nitrogen and oxygen atoms in total. The summed E-state index contributed by atoms with van der Waals surface area (Å²) < 4.78 is 18.7. The minimum atomic E-state index is -0.252. The third-order valence-electron chi connectivity index (χ3n) is 5.45. The fraction of sp³-hybridized carbons (Fsp3) is 0.667. The number of aliphatic hydroxyl groups excluding tert-OH is 1. The van der Waals surface area contributed by atoms with E-state index in [0.717, 1.165) is 43.9 Å². The molecule has 1 aliphatic carbocycles. The van der Waals surface area contributed by atoms with Crippen LogP contribution >= 0.6 is 0 Å². The standard InChI is InChI=1S/C21H34FN3O2/c1-3-23-20(25-16-21(13-14-26)11-5-4-6-12-21)24-15-19(27-2)17-7-9-18(22)10-8-17/h7-10,19,26H,3-6,11-16H2,1-2H3,(H2,23,24,25). The molecule has 3 N–H and O–H groups in total. The first kappa shape index (κ1) is 21.6. The summed E-state index contributed by atoms with van der Waals surface area (Å²) in [6.07, 6.45) is 6.61. The van der Waals surface area contributed by atoms with Gasteiger partial charge in [-0.15, -0.1) is 0 Å². The van der Waals surface area contributed by atoms with Crippen molar-refractivity contribution in [1.29, 1.82) is 0 Å². The second-order valence-corrected chi connectivity index (χ2v) is 7.39. The second kappa shape index (κ2) is 11.2. The third kappa shape index (κ3) is 6.78. The van der Waals surface area contributed by atoms with Crippen molar-refractivity contribution in [3.63, 3.8) is 0 Å². The number of aliphatic imine (C=N–C) groups is 1. The molecule has 27 heavy (non-hydrogen) atoms. The van der Waals surface area contributed by atoms with Crippen molar-refractivity contribution in [2.45, 2.75) is 51.6 Å². The molecular formula is C21H34FN3O2. The molecule has 6 heteroatoms. The van der Waals surface area contributed by atoms with Gasteiger partial charge in [0.05, 0.1) is 6.10 Å². The molecule has 0 bridgehead atoms. The minimum Gasteiger partial charge on any atom is -0.396 e. The number of aliphatic hydroxyl groups is 1. The van der Waals surface area contributed by atoms with E-state index in [1.165, 1.54) is 31.4 Å². The Labute approximate surface area is 162 Å². The molecule has 1 unspecified atom stereocenters. The minimum absolute atomic E-state index is 0.118. The van der Waals surface area contributed by atoms with Gasteiger partial charge in [0, 0.05) is 33.4 Å². The number of nitrogens with zero attached hydrogens (tertiary/aromatic N) is 1. The lowest BCUT2D eigenvalue weighted by Gasteiger charge is -2.35. The van der Waals surface area contributed by atoms with Crippen LogP contribution in [-0.4, -0.2) is 44.4 Å². The number of methoxy groups -OCH3 is 1. The quantitative estimate of drug-likeness (QED) is 0.454. The van der Waals surface area contributed by atoms with Crippen LogP contribution in [0.3, 0.4) is 0 Å². The van der Waals surface area contributed by atoms with E-state index in [1.54, 1.807) is 19.2 Å². The van der Waals surface area contributed by atoms with Crippen molar-refractivity contribution in [3.05, 3.63) is 35.6 Å². The van der Waals surface area contributed by atoms with Crippen molar-refractivity contribution >= 4 is 5.96 Å². The van der Waals surface area contributed by atoms with E-state index in [2.05, 4.69) is 10.6 Å². The number of ether oxygens (including phenoxy) is 1. The number of nitrogens with one attached hydrogen (secondary N) is 2. The lowest BCUT2D eigenvalue weighted by molar-refractivity contribution is 0.106. The highest BCUT2D eigenvalue weighted by atomic mass is 19.1. The summed E-state index contributed by atoms with van der Waals surface area (Å²) in [4.78, 5) is 4.81. The molecule has 0 radical (unpaired) electrons. The first-order valence-electron chi connectivity index (χ1n) is 10.0. The zero-order valence-corrected chi connectivity index (χ0v) is 16.6. The summed E-state index contributed by atoms with van der Waals surface area (Å²) >= 11 is 0. The van der Waals surface area contributed by atoms with Crippen LogP contribution in [0.15, 0.2) is 29.3 Å². The Hall–Kier alpha value is -1.66. The van der Waals surface area contributed by atoms with Crippen molar-refractivity contribution < 1.29 is 14.2 Å². The van der Waals surface area contributed by atoms with E-state index in [9.17, 15) is 9.50 Å². The summed E-state index contributed by atoms with van der Waals surface area (Å²) in [6, 6.07) is 6.38. The van der Waals surface area contributed by atoms with Gasteiger partial charge in [0.2, 0.25) is 0 Å². The number of rotatable bonds is 9. The number of hydrogen-bond acceptors (Lipinski definition) is 3. The van der Waals surface area contributed by atoms with Gasteiger partial charge >= 0.3 is 0 Å². The first-order chi connectivity index (χ1) is 13.1. The molecule has 2 rings (SSSR count). The van der Waals surface area contributed by atoms with Gasteiger partial charge in [-0.2, -0.15) is 0 Å². The number of guanidine groups is 1. The van der Waals surface area contributed by atoms with E-state index >= 15 is 0 Å². The van der Waals surface area contributed by atoms with Gasteiger partial charge < -0.3 is 20.5 Å². The SMILES string of the molecule is CCNC(=NCC1(CCO)CCCCC1)NCC(OC)c1ccc(F)cc1. The molecule has 0 heterocycles. The molecule has 1 saturated carbocycles. The van der Waals surface area contributed by atoms with Crippen molar-refractivity contribution in [2.75, 3.05) is 33.4 Å². The highest BCUT2D eigenvalue weighted by Gasteiger charge is 2.31. The lowest BCUT2D eigenvalue weighted by atomic mass is 9.72. The van der Waals surface area contributed by atoms with Gasteiger partial charge in [-0.3, -0.25) is 4.99 Å². The molecule has 0 amide bonds. The average Bonchev–Trinajstić information content (AvgIpc) is 2.69. The predicted molar refractivity (Wildman–Crippen MR) is 107 cm³/mol. The van der Waals surface area contributed by atoms with Crippen LogP contribution in [0.25, 0.3) is 0 Å². The Kier molecular flexibility index (Phi) is 9.01. The molecule has 0 spiro atoms. The van der Waals surface area contributed by atoms with E-state index in [0.29, 0.717) is 6.54 Å². The Morgan fingerprint density at radius 1 is 1.22 bits per heavy atom. The van der Waals surface area contributed by atoms with E-state index < -0.39 is 0 Å². The maximum Gasteiger partial charge on any atom is 0.191 e. The van der Waals surface area contributed by atoms with Crippen LogP contribution in [0.2, 0.25) is 0 Å². The van der Waals surface area contributed by atoms with E-state index in [-0.39, 0.29) is 23.9 Å². The molecule has 1 fully saturated rings. The molecule has 0 saturated heterocycles. The van der Waals surface area contributed by atoms with Gasteiger partial charge in [0.25, 0.3) is 0 Å². The lowest BCUT2D eigenvalue weighted by Crippen LogP contribution is -2.41. The third-order valence-corrected chi connectivity index (χ3v) is 5.45. The summed E-state index contributed by atoms with van der Waals surface area (Å²) in [5.41, 5.74) is 1.04. The summed E-state index contributed by atoms with van der Waals surface area (Å²) in [5, 5.41) is 16.1. The molecule has 1 atom stereocenters.